The number of nitrogens with zero attached hydrogens (tertiary/aromatic N) is 2. The van der Waals surface area contributed by atoms with Crippen LogP contribution in [0.25, 0.3) is 0 Å². The lowest BCUT2D eigenvalue weighted by molar-refractivity contribution is 0.0197. The van der Waals surface area contributed by atoms with Gasteiger partial charge in [0, 0.05) is 31.5 Å². The van der Waals surface area contributed by atoms with Crippen LogP contribution in [0.4, 0.5) is 16.2 Å². The lowest BCUT2D eigenvalue weighted by Crippen LogP contribution is -2.60. The third-order valence-corrected chi connectivity index (χ3v) is 3.35. The van der Waals surface area contributed by atoms with Gasteiger partial charge in [0.2, 0.25) is 0 Å². The second kappa shape index (κ2) is 5.23. The van der Waals surface area contributed by atoms with Gasteiger partial charge in [-0.1, -0.05) is 0 Å². The summed E-state index contributed by atoms with van der Waals surface area (Å²) in [7, 11) is 1.79. The van der Waals surface area contributed by atoms with Crippen LogP contribution in [-0.4, -0.2) is 42.8 Å². The van der Waals surface area contributed by atoms with E-state index in [0.717, 1.165) is 24.5 Å². The normalized spacial score (nSPS) is 15.7. The molecule has 110 valence electrons. The fourth-order valence-electron chi connectivity index (χ4n) is 2.08. The Bertz CT molecular complexity index is 473. The van der Waals surface area contributed by atoms with Gasteiger partial charge in [-0.25, -0.2) is 4.79 Å². The molecule has 2 rings (SSSR count). The zero-order chi connectivity index (χ0) is 14.9. The molecular formula is C15H23N3O2. The van der Waals surface area contributed by atoms with Gasteiger partial charge in [-0.15, -0.1) is 0 Å². The Morgan fingerprint density at radius 2 is 1.85 bits per heavy atom. The molecule has 0 aliphatic carbocycles. The first-order valence-electron chi connectivity index (χ1n) is 6.82. The summed E-state index contributed by atoms with van der Waals surface area (Å²) in [5.74, 6) is 0. The van der Waals surface area contributed by atoms with E-state index in [2.05, 4.69) is 4.90 Å². The minimum Gasteiger partial charge on any atom is -0.444 e. The molecule has 1 heterocycles. The monoisotopic (exact) mass is 277 g/mol. The van der Waals surface area contributed by atoms with Crippen LogP contribution in [0.3, 0.4) is 0 Å². The zero-order valence-electron chi connectivity index (χ0n) is 12.6. The highest BCUT2D eigenvalue weighted by atomic mass is 16.6. The summed E-state index contributed by atoms with van der Waals surface area (Å²) in [6, 6.07) is 7.97. The number of rotatable bonds is 2. The number of nitrogen functional groups attached to an aromatic ring is 1. The Hall–Kier alpha value is -1.91. The number of carbonyl (C=O) groups is 1. The molecule has 1 saturated heterocycles. The Morgan fingerprint density at radius 1 is 1.30 bits per heavy atom. The molecule has 1 aliphatic rings. The summed E-state index contributed by atoms with van der Waals surface area (Å²) < 4.78 is 5.36. The average molecular weight is 277 g/mol. The number of amides is 1. The third kappa shape index (κ3) is 3.35. The standard InChI is InChI=1S/C15H23N3O2/c1-15(2,3)20-14(19)17(4)13-9-18(10-13)12-7-5-11(16)6-8-12/h5-8,13H,9-10,16H2,1-4H3. The Labute approximate surface area is 120 Å². The second-order valence-electron chi connectivity index (χ2n) is 6.24. The van der Waals surface area contributed by atoms with Crippen LogP contribution >= 0.6 is 0 Å². The van der Waals surface area contributed by atoms with E-state index in [1.165, 1.54) is 0 Å². The zero-order valence-corrected chi connectivity index (χ0v) is 12.6. The van der Waals surface area contributed by atoms with Crippen LogP contribution in [0.1, 0.15) is 20.8 Å². The van der Waals surface area contributed by atoms with Crippen molar-refractivity contribution in [3.63, 3.8) is 0 Å². The summed E-state index contributed by atoms with van der Waals surface area (Å²) in [5, 5.41) is 0. The van der Waals surface area contributed by atoms with Gasteiger partial charge in [0.1, 0.15) is 5.60 Å². The van der Waals surface area contributed by atoms with Gasteiger partial charge in [-0.05, 0) is 45.0 Å². The first-order valence-corrected chi connectivity index (χ1v) is 6.82. The molecule has 1 aromatic carbocycles. The molecule has 5 heteroatoms. The summed E-state index contributed by atoms with van der Waals surface area (Å²) in [6.45, 7) is 7.26. The molecule has 0 saturated carbocycles. The number of nitrogens with two attached hydrogens (primary N) is 1. The predicted molar refractivity (Wildman–Crippen MR) is 80.9 cm³/mol. The molecule has 1 amide bonds. The van der Waals surface area contributed by atoms with Gasteiger partial charge in [-0.2, -0.15) is 0 Å². The minimum atomic E-state index is -0.453. The van der Waals surface area contributed by atoms with Crippen molar-refractivity contribution in [1.82, 2.24) is 4.90 Å². The Balaban J connectivity index is 1.86. The summed E-state index contributed by atoms with van der Waals surface area (Å²) in [4.78, 5) is 15.8. The van der Waals surface area contributed by atoms with E-state index in [1.54, 1.807) is 11.9 Å². The van der Waals surface area contributed by atoms with Gasteiger partial charge in [0.05, 0.1) is 6.04 Å². The summed E-state index contributed by atoms with van der Waals surface area (Å²) >= 11 is 0. The molecule has 0 aromatic heterocycles. The quantitative estimate of drug-likeness (QED) is 0.843. The van der Waals surface area contributed by atoms with Crippen LogP contribution in [0.15, 0.2) is 24.3 Å². The third-order valence-electron chi connectivity index (χ3n) is 3.35. The summed E-state index contributed by atoms with van der Waals surface area (Å²) in [6.07, 6.45) is -0.264. The Kier molecular flexibility index (Phi) is 3.79. The molecule has 2 N–H and O–H groups in total. The van der Waals surface area contributed by atoms with Crippen molar-refractivity contribution in [2.24, 2.45) is 0 Å². The minimum absolute atomic E-state index is 0.197. The molecule has 0 unspecified atom stereocenters. The van der Waals surface area contributed by atoms with Crippen molar-refractivity contribution in [3.05, 3.63) is 24.3 Å². The van der Waals surface area contributed by atoms with Crippen molar-refractivity contribution in [2.75, 3.05) is 30.8 Å². The van der Waals surface area contributed by atoms with Crippen LogP contribution < -0.4 is 10.6 Å². The molecule has 20 heavy (non-hydrogen) atoms. The number of benzene rings is 1. The van der Waals surface area contributed by atoms with Gasteiger partial charge in [-0.3, -0.25) is 0 Å². The number of anilines is 2. The first kappa shape index (κ1) is 14.5. The van der Waals surface area contributed by atoms with E-state index in [-0.39, 0.29) is 12.1 Å². The number of likely N-dealkylation sites (N-methyl/N-ethyl adjacent to an activating group) is 1. The van der Waals surface area contributed by atoms with Gasteiger partial charge >= 0.3 is 6.09 Å². The van der Waals surface area contributed by atoms with Gasteiger partial charge < -0.3 is 20.3 Å². The van der Waals surface area contributed by atoms with E-state index < -0.39 is 5.60 Å². The van der Waals surface area contributed by atoms with Crippen LogP contribution in [-0.2, 0) is 4.74 Å². The maximum absolute atomic E-state index is 11.9. The fourth-order valence-corrected chi connectivity index (χ4v) is 2.08. The smallest absolute Gasteiger partial charge is 0.410 e. The molecule has 0 atom stereocenters. The van der Waals surface area contributed by atoms with E-state index in [4.69, 9.17) is 10.5 Å². The highest BCUT2D eigenvalue weighted by Crippen LogP contribution is 2.24. The van der Waals surface area contributed by atoms with Gasteiger partial charge in [0.25, 0.3) is 0 Å². The van der Waals surface area contributed by atoms with Crippen LogP contribution in [0, 0.1) is 0 Å². The van der Waals surface area contributed by atoms with Gasteiger partial charge in [0.15, 0.2) is 0 Å². The molecule has 5 nitrogen and oxygen atoms in total. The highest BCUT2D eigenvalue weighted by Gasteiger charge is 2.34. The maximum atomic E-state index is 11.9. The molecule has 1 fully saturated rings. The largest absolute Gasteiger partial charge is 0.444 e. The van der Waals surface area contributed by atoms with Crippen molar-refractivity contribution in [1.29, 1.82) is 0 Å². The molecule has 0 spiro atoms. The maximum Gasteiger partial charge on any atom is 0.410 e. The second-order valence-corrected chi connectivity index (χ2v) is 6.24. The number of carbonyl (C=O) groups excluding carboxylic acids is 1. The van der Waals surface area contributed by atoms with Crippen LogP contribution in [0.2, 0.25) is 0 Å². The predicted octanol–water partition coefficient (Wildman–Crippen LogP) is 2.32. The highest BCUT2D eigenvalue weighted by molar-refractivity contribution is 5.69. The lowest BCUT2D eigenvalue weighted by Gasteiger charge is -2.45. The Morgan fingerprint density at radius 3 is 2.35 bits per heavy atom. The average Bonchev–Trinajstić information content (AvgIpc) is 2.27. The number of hydrogen-bond donors (Lipinski definition) is 1. The van der Waals surface area contributed by atoms with E-state index in [9.17, 15) is 4.79 Å². The molecular weight excluding hydrogens is 254 g/mol. The van der Waals surface area contributed by atoms with E-state index in [1.807, 2.05) is 45.0 Å². The lowest BCUT2D eigenvalue weighted by atomic mass is 10.1. The SMILES string of the molecule is CN(C(=O)OC(C)(C)C)C1CN(c2ccc(N)cc2)C1. The van der Waals surface area contributed by atoms with Crippen molar-refractivity contribution >= 4 is 17.5 Å². The summed E-state index contributed by atoms with van der Waals surface area (Å²) in [5.41, 5.74) is 7.11. The van der Waals surface area contributed by atoms with Crippen molar-refractivity contribution in [3.8, 4) is 0 Å². The molecule has 0 radical (unpaired) electrons. The van der Waals surface area contributed by atoms with E-state index >= 15 is 0 Å². The molecule has 1 aliphatic heterocycles. The number of hydrogen-bond acceptors (Lipinski definition) is 4. The van der Waals surface area contributed by atoms with Crippen molar-refractivity contribution in [2.45, 2.75) is 32.4 Å². The molecule has 1 aromatic rings. The van der Waals surface area contributed by atoms with E-state index in [0.29, 0.717) is 0 Å². The number of ether oxygens (including phenoxy) is 1. The first-order chi connectivity index (χ1) is 9.26. The fraction of sp³-hybridized carbons (Fsp3) is 0.533. The van der Waals surface area contributed by atoms with Crippen molar-refractivity contribution < 1.29 is 9.53 Å². The van der Waals surface area contributed by atoms with Crippen LogP contribution in [0.5, 0.6) is 0 Å². The molecule has 0 bridgehead atoms. The topological polar surface area (TPSA) is 58.8 Å².